The number of para-hydroxylation sites is 1. The Morgan fingerprint density at radius 1 is 1.09 bits per heavy atom. The van der Waals surface area contributed by atoms with Gasteiger partial charge in [0.25, 0.3) is 0 Å². The third-order valence-electron chi connectivity index (χ3n) is 3.09. The van der Waals surface area contributed by atoms with E-state index in [1.807, 2.05) is 31.2 Å². The van der Waals surface area contributed by atoms with Crippen LogP contribution in [0, 0.1) is 5.82 Å². The van der Waals surface area contributed by atoms with Gasteiger partial charge in [0.05, 0.1) is 6.61 Å². The molecule has 22 heavy (non-hydrogen) atoms. The molecule has 2 aromatic carbocycles. The molecule has 0 amide bonds. The van der Waals surface area contributed by atoms with Crippen LogP contribution in [0.3, 0.4) is 0 Å². The van der Waals surface area contributed by atoms with Gasteiger partial charge in [-0.3, -0.25) is 0 Å². The van der Waals surface area contributed by atoms with Crippen LogP contribution < -0.4 is 9.46 Å². The second-order valence-corrected chi connectivity index (χ2v) is 6.35. The zero-order valence-corrected chi connectivity index (χ0v) is 13.1. The zero-order chi connectivity index (χ0) is 16.0. The first-order chi connectivity index (χ1) is 10.5. The molecule has 0 bridgehead atoms. The molecule has 2 aromatic rings. The monoisotopic (exact) mass is 323 g/mol. The van der Waals surface area contributed by atoms with E-state index in [2.05, 4.69) is 4.72 Å². The zero-order valence-electron chi connectivity index (χ0n) is 12.3. The second kappa shape index (κ2) is 7.38. The van der Waals surface area contributed by atoms with Crippen molar-refractivity contribution in [1.29, 1.82) is 0 Å². The average molecular weight is 323 g/mol. The molecule has 0 aliphatic rings. The molecule has 0 fully saturated rings. The lowest BCUT2D eigenvalue weighted by atomic mass is 10.1. The maximum atomic E-state index is 13.6. The van der Waals surface area contributed by atoms with Crippen LogP contribution in [0.5, 0.6) is 5.75 Å². The minimum atomic E-state index is -3.85. The number of nitrogens with one attached hydrogen (secondary N) is 1. The number of hydrogen-bond donors (Lipinski definition) is 1. The van der Waals surface area contributed by atoms with Crippen LogP contribution in [0.4, 0.5) is 4.39 Å². The Morgan fingerprint density at radius 3 is 2.50 bits per heavy atom. The quantitative estimate of drug-likeness (QED) is 0.852. The van der Waals surface area contributed by atoms with Gasteiger partial charge >= 0.3 is 0 Å². The summed E-state index contributed by atoms with van der Waals surface area (Å²) in [6, 6.07) is 12.7. The molecular weight excluding hydrogens is 305 g/mol. The molecule has 0 spiro atoms. The molecule has 0 saturated heterocycles. The Morgan fingerprint density at radius 2 is 1.77 bits per heavy atom. The summed E-state index contributed by atoms with van der Waals surface area (Å²) in [5.74, 6) is -0.0280. The Balaban J connectivity index is 2.04. The first-order valence-electron chi connectivity index (χ1n) is 6.99. The van der Waals surface area contributed by atoms with E-state index in [4.69, 9.17) is 4.74 Å². The summed E-state index contributed by atoms with van der Waals surface area (Å²) in [7, 11) is -3.85. The van der Waals surface area contributed by atoms with E-state index in [1.54, 1.807) is 0 Å². The molecule has 0 saturated carbocycles. The third kappa shape index (κ3) is 4.05. The van der Waals surface area contributed by atoms with Crippen LogP contribution in [0.15, 0.2) is 53.4 Å². The van der Waals surface area contributed by atoms with Crippen molar-refractivity contribution in [2.75, 3.05) is 13.2 Å². The highest BCUT2D eigenvalue weighted by atomic mass is 32.2. The predicted octanol–water partition coefficient (Wildman–Crippen LogP) is 2.75. The maximum Gasteiger partial charge on any atom is 0.243 e. The first-order valence-corrected chi connectivity index (χ1v) is 8.48. The molecule has 0 aliphatic carbocycles. The molecule has 0 aromatic heterocycles. The summed E-state index contributed by atoms with van der Waals surface area (Å²) in [6.07, 6.45) is 0.462. The molecule has 1 N–H and O–H groups in total. The van der Waals surface area contributed by atoms with Crippen LogP contribution in [0.2, 0.25) is 0 Å². The largest absolute Gasteiger partial charge is 0.494 e. The van der Waals surface area contributed by atoms with Gasteiger partial charge in [-0.1, -0.05) is 30.3 Å². The molecule has 118 valence electrons. The van der Waals surface area contributed by atoms with Gasteiger partial charge in [0.1, 0.15) is 16.5 Å². The van der Waals surface area contributed by atoms with Crippen LogP contribution in [0.25, 0.3) is 0 Å². The number of hydrogen-bond acceptors (Lipinski definition) is 3. The van der Waals surface area contributed by atoms with Crippen LogP contribution in [0.1, 0.15) is 12.5 Å². The van der Waals surface area contributed by atoms with Crippen LogP contribution in [-0.4, -0.2) is 21.6 Å². The molecule has 0 atom stereocenters. The maximum absolute atomic E-state index is 13.6. The summed E-state index contributed by atoms with van der Waals surface area (Å²) in [6.45, 7) is 2.59. The van der Waals surface area contributed by atoms with Crippen molar-refractivity contribution in [3.8, 4) is 5.75 Å². The van der Waals surface area contributed by atoms with Gasteiger partial charge in [-0.15, -0.1) is 0 Å². The Hall–Kier alpha value is -1.92. The van der Waals surface area contributed by atoms with Crippen molar-refractivity contribution >= 4 is 10.0 Å². The molecule has 0 aliphatic heterocycles. The molecular formula is C16H18FNO3S. The van der Waals surface area contributed by atoms with Crippen molar-refractivity contribution in [3.63, 3.8) is 0 Å². The second-order valence-electron chi connectivity index (χ2n) is 4.62. The van der Waals surface area contributed by atoms with E-state index in [0.717, 1.165) is 17.4 Å². The number of sulfonamides is 1. The van der Waals surface area contributed by atoms with Crippen LogP contribution >= 0.6 is 0 Å². The molecule has 2 rings (SSSR count). The van der Waals surface area contributed by atoms with Gasteiger partial charge in [-0.05, 0) is 37.1 Å². The topological polar surface area (TPSA) is 55.4 Å². The van der Waals surface area contributed by atoms with Crippen molar-refractivity contribution in [2.24, 2.45) is 0 Å². The normalized spacial score (nSPS) is 11.4. The fourth-order valence-corrected chi connectivity index (χ4v) is 3.18. The minimum absolute atomic E-state index is 0.167. The lowest BCUT2D eigenvalue weighted by molar-refractivity contribution is 0.336. The lowest BCUT2D eigenvalue weighted by Crippen LogP contribution is -2.26. The molecule has 6 heteroatoms. The van der Waals surface area contributed by atoms with Gasteiger partial charge in [0, 0.05) is 6.54 Å². The van der Waals surface area contributed by atoms with Gasteiger partial charge < -0.3 is 4.74 Å². The van der Waals surface area contributed by atoms with E-state index >= 15 is 0 Å². The van der Waals surface area contributed by atoms with Crippen LogP contribution in [-0.2, 0) is 16.4 Å². The number of ether oxygens (including phenoxy) is 1. The summed E-state index contributed by atoms with van der Waals surface area (Å²) in [4.78, 5) is -0.340. The first kappa shape index (κ1) is 16.5. The van der Waals surface area contributed by atoms with Crippen molar-refractivity contribution in [3.05, 3.63) is 59.9 Å². The van der Waals surface area contributed by atoms with Gasteiger partial charge in [-0.2, -0.15) is 0 Å². The SMILES string of the molecule is CCOc1ccccc1CCNS(=O)(=O)c1ccccc1F. The number of halogens is 1. The lowest BCUT2D eigenvalue weighted by Gasteiger charge is -2.11. The standard InChI is InChI=1S/C16H18FNO3S/c1-2-21-15-9-5-3-7-13(15)11-12-18-22(19,20)16-10-6-4-8-14(16)17/h3-10,18H,2,11-12H2,1H3. The average Bonchev–Trinajstić information content (AvgIpc) is 2.49. The van der Waals surface area contributed by atoms with Gasteiger partial charge in [0.2, 0.25) is 10.0 Å². The van der Waals surface area contributed by atoms with E-state index in [9.17, 15) is 12.8 Å². The van der Waals surface area contributed by atoms with Crippen molar-refractivity contribution < 1.29 is 17.5 Å². The Bertz CT molecular complexity index is 732. The molecule has 0 radical (unpaired) electrons. The van der Waals surface area contributed by atoms with Crippen molar-refractivity contribution in [2.45, 2.75) is 18.2 Å². The molecule has 4 nitrogen and oxygen atoms in total. The fraction of sp³-hybridized carbons (Fsp3) is 0.250. The highest BCUT2D eigenvalue weighted by Crippen LogP contribution is 2.18. The highest BCUT2D eigenvalue weighted by Gasteiger charge is 2.17. The van der Waals surface area contributed by atoms with Crippen molar-refractivity contribution in [1.82, 2.24) is 4.72 Å². The van der Waals surface area contributed by atoms with E-state index in [1.165, 1.54) is 18.2 Å². The Labute approximate surface area is 130 Å². The number of rotatable bonds is 7. The Kier molecular flexibility index (Phi) is 5.51. The summed E-state index contributed by atoms with van der Waals surface area (Å²) < 4.78 is 45.6. The van der Waals surface area contributed by atoms with Gasteiger partial charge in [-0.25, -0.2) is 17.5 Å². The predicted molar refractivity (Wildman–Crippen MR) is 82.9 cm³/mol. The molecule has 0 unspecified atom stereocenters. The molecule has 0 heterocycles. The summed E-state index contributed by atoms with van der Waals surface area (Å²) in [5, 5.41) is 0. The van der Waals surface area contributed by atoms with E-state index in [0.29, 0.717) is 13.0 Å². The summed E-state index contributed by atoms with van der Waals surface area (Å²) in [5.41, 5.74) is 0.903. The van der Waals surface area contributed by atoms with E-state index < -0.39 is 15.8 Å². The van der Waals surface area contributed by atoms with E-state index in [-0.39, 0.29) is 11.4 Å². The highest BCUT2D eigenvalue weighted by molar-refractivity contribution is 7.89. The fourth-order valence-electron chi connectivity index (χ4n) is 2.07. The number of benzene rings is 2. The third-order valence-corrected chi connectivity index (χ3v) is 4.58. The summed E-state index contributed by atoms with van der Waals surface area (Å²) >= 11 is 0. The minimum Gasteiger partial charge on any atom is -0.494 e. The smallest absolute Gasteiger partial charge is 0.243 e. The van der Waals surface area contributed by atoms with Gasteiger partial charge in [0.15, 0.2) is 0 Å².